The summed E-state index contributed by atoms with van der Waals surface area (Å²) in [6.07, 6.45) is 15.3. The van der Waals surface area contributed by atoms with Crippen LogP contribution in [0.25, 0.3) is 34.1 Å². The third-order valence-corrected chi connectivity index (χ3v) is 15.6. The molecule has 2 atom stereocenters. The Morgan fingerprint density at radius 1 is 0.583 bits per heavy atom. The first-order valence-electron chi connectivity index (χ1n) is 25.6. The van der Waals surface area contributed by atoms with Crippen LogP contribution in [-0.2, 0) is 9.59 Å². The third kappa shape index (κ3) is 12.4. The molecule has 2 unspecified atom stereocenters. The van der Waals surface area contributed by atoms with Gasteiger partial charge in [0.05, 0.1) is 24.2 Å². The van der Waals surface area contributed by atoms with Gasteiger partial charge in [0.2, 0.25) is 11.8 Å². The van der Waals surface area contributed by atoms with Crippen LogP contribution in [0.2, 0.25) is 0 Å². The smallest absolute Gasteiger partial charge is 0.246 e. The molecule has 2 amide bonds. The number of benzene rings is 4. The zero-order valence-corrected chi connectivity index (χ0v) is 40.6. The number of imidazole rings is 1. The topological polar surface area (TPSA) is 132 Å². The molecular formula is C57H65F4N7O4. The number of rotatable bonds is 12. The van der Waals surface area contributed by atoms with E-state index < -0.39 is 23.3 Å². The number of hydrogen-bond donors (Lipinski definition) is 4. The first-order valence-corrected chi connectivity index (χ1v) is 25.6. The Labute approximate surface area is 418 Å². The van der Waals surface area contributed by atoms with Gasteiger partial charge >= 0.3 is 0 Å². The number of hydrogen-bond acceptors (Lipinski definition) is 7. The Kier molecular flexibility index (Phi) is 16.7. The molecule has 4 aliphatic heterocycles. The summed E-state index contributed by atoms with van der Waals surface area (Å²) in [6.45, 7) is 6.44. The first-order chi connectivity index (χ1) is 35.0. The number of halogens is 4. The van der Waals surface area contributed by atoms with Crippen LogP contribution in [0.4, 0.5) is 17.6 Å². The highest BCUT2D eigenvalue weighted by Gasteiger charge is 2.36. The van der Waals surface area contributed by atoms with E-state index in [2.05, 4.69) is 56.3 Å². The summed E-state index contributed by atoms with van der Waals surface area (Å²) >= 11 is 0. The average Bonchev–Trinajstić information content (AvgIpc) is 4.04. The van der Waals surface area contributed by atoms with Crippen molar-refractivity contribution in [2.45, 2.75) is 75.3 Å². The number of carbonyl (C=O) groups is 2. The molecule has 0 aliphatic carbocycles. The molecule has 4 fully saturated rings. The molecule has 0 radical (unpaired) electrons. The molecular weight excluding hydrogens is 923 g/mol. The molecule has 2 aromatic heterocycles. The van der Waals surface area contributed by atoms with Crippen molar-refractivity contribution >= 4 is 45.9 Å². The Bertz CT molecular complexity index is 2750. The predicted octanol–water partition coefficient (Wildman–Crippen LogP) is 9.27. The molecule has 4 saturated heterocycles. The van der Waals surface area contributed by atoms with Crippen LogP contribution in [0.3, 0.4) is 0 Å². The van der Waals surface area contributed by atoms with E-state index >= 15 is 0 Å². The van der Waals surface area contributed by atoms with E-state index in [0.717, 1.165) is 107 Å². The fraction of sp³-hybridized carbons (Fsp3) is 0.421. The number of aromatic amines is 2. The number of likely N-dealkylation sites (tertiary alicyclic amines) is 4. The molecule has 0 saturated carbocycles. The predicted molar refractivity (Wildman–Crippen MR) is 273 cm³/mol. The largest absolute Gasteiger partial charge is 0.395 e. The second-order valence-corrected chi connectivity index (χ2v) is 19.9. The third-order valence-electron chi connectivity index (χ3n) is 15.6. The second-order valence-electron chi connectivity index (χ2n) is 19.9. The van der Waals surface area contributed by atoms with Crippen molar-refractivity contribution in [2.75, 3.05) is 65.6 Å². The standard InChI is InChI=1S/C29H33F2N3O2.C28H32F2N4O2/c30-23-15-20(16-24(31)17-23)5-6-29(36)34-13-9-22(10-14-34)28(19-35)33-11-7-21(8-12-33)26-18-32-27-4-2-1-3-25(26)27;29-22-15-19(16-23(30)17-22)5-6-27(36)34-13-7-20(8-14-34)26(18-35)33-11-9-21(10-12-33)28-31-24-3-1-2-4-25(24)32-28/h1-6,15-18,21-22,28,32,35H,7-14,19H2;1-6,15-17,20-21,26,35H,7-14,18H2,(H,31,32)/b2*6-5+. The summed E-state index contributed by atoms with van der Waals surface area (Å²) in [5.41, 5.74) is 5.30. The fourth-order valence-corrected chi connectivity index (χ4v) is 11.7. The van der Waals surface area contributed by atoms with Crippen molar-refractivity contribution in [3.63, 3.8) is 0 Å². The lowest BCUT2D eigenvalue weighted by molar-refractivity contribution is -0.128. The van der Waals surface area contributed by atoms with E-state index in [1.54, 1.807) is 9.80 Å². The quantitative estimate of drug-likeness (QED) is 0.0711. The summed E-state index contributed by atoms with van der Waals surface area (Å²) in [6, 6.07) is 23.1. The van der Waals surface area contributed by atoms with E-state index in [1.807, 2.05) is 18.2 Å². The minimum Gasteiger partial charge on any atom is -0.395 e. The molecule has 4 aromatic carbocycles. The van der Waals surface area contributed by atoms with Gasteiger partial charge in [0, 0.05) is 85.6 Å². The lowest BCUT2D eigenvalue weighted by Gasteiger charge is -2.43. The molecule has 11 nitrogen and oxygen atoms in total. The van der Waals surface area contributed by atoms with Crippen LogP contribution < -0.4 is 0 Å². The maximum atomic E-state index is 13.4. The number of aromatic nitrogens is 3. The summed E-state index contributed by atoms with van der Waals surface area (Å²) in [7, 11) is 0. The number of fused-ring (bicyclic) bond motifs is 2. The normalized spacial score (nSPS) is 19.4. The van der Waals surface area contributed by atoms with Gasteiger partial charge in [-0.15, -0.1) is 0 Å². The first kappa shape index (κ1) is 50.8. The maximum Gasteiger partial charge on any atom is 0.246 e. The summed E-state index contributed by atoms with van der Waals surface area (Å²) in [5.74, 6) is -0.347. The Balaban J connectivity index is 0.000000178. The van der Waals surface area contributed by atoms with Crippen LogP contribution in [0, 0.1) is 35.1 Å². The van der Waals surface area contributed by atoms with E-state index in [1.165, 1.54) is 65.0 Å². The van der Waals surface area contributed by atoms with E-state index in [9.17, 15) is 37.4 Å². The number of amides is 2. The van der Waals surface area contributed by atoms with Gasteiger partial charge in [0.25, 0.3) is 0 Å². The van der Waals surface area contributed by atoms with Crippen LogP contribution in [0.15, 0.2) is 103 Å². The molecule has 4 N–H and O–H groups in total. The van der Waals surface area contributed by atoms with Crippen molar-refractivity contribution in [1.82, 2.24) is 34.6 Å². The number of aliphatic hydroxyl groups excluding tert-OH is 2. The van der Waals surface area contributed by atoms with Crippen molar-refractivity contribution in [2.24, 2.45) is 11.8 Å². The monoisotopic (exact) mass is 988 g/mol. The lowest BCUT2D eigenvalue weighted by atomic mass is 9.84. The van der Waals surface area contributed by atoms with Gasteiger partial charge in [-0.1, -0.05) is 30.3 Å². The van der Waals surface area contributed by atoms with E-state index in [0.29, 0.717) is 61.0 Å². The molecule has 380 valence electrons. The molecule has 0 bridgehead atoms. The molecule has 72 heavy (non-hydrogen) atoms. The van der Waals surface area contributed by atoms with E-state index in [-0.39, 0.29) is 37.1 Å². The van der Waals surface area contributed by atoms with E-state index in [4.69, 9.17) is 4.98 Å². The Hall–Kier alpha value is -6.13. The van der Waals surface area contributed by atoms with Crippen LogP contribution in [-0.4, -0.2) is 134 Å². The number of aliphatic hydroxyl groups is 2. The zero-order valence-electron chi connectivity index (χ0n) is 40.6. The van der Waals surface area contributed by atoms with Crippen molar-refractivity contribution in [3.8, 4) is 0 Å². The molecule has 10 rings (SSSR count). The van der Waals surface area contributed by atoms with Crippen molar-refractivity contribution < 1.29 is 37.4 Å². The number of H-pyrrole nitrogens is 2. The Morgan fingerprint density at radius 2 is 1.03 bits per heavy atom. The zero-order chi connectivity index (χ0) is 50.1. The number of para-hydroxylation sites is 3. The number of piperidine rings is 4. The molecule has 6 aromatic rings. The van der Waals surface area contributed by atoms with Gasteiger partial charge in [-0.2, -0.15) is 0 Å². The minimum absolute atomic E-state index is 0.0877. The summed E-state index contributed by atoms with van der Waals surface area (Å²) < 4.78 is 53.5. The SMILES string of the molecule is O=C(/C=C/c1cc(F)cc(F)c1)N1CCC(C(CO)N2CCC(c3c[nH]c4ccccc34)CC2)CC1.O=C(/C=C/c1cc(F)cc(F)c1)N1CCC(C(CO)N2CCC(c3nc4ccccc4[nH]3)CC2)CC1. The van der Waals surface area contributed by atoms with Crippen LogP contribution in [0.1, 0.15) is 85.7 Å². The van der Waals surface area contributed by atoms with Gasteiger partial charge < -0.3 is 30.0 Å². The Morgan fingerprint density at radius 3 is 1.50 bits per heavy atom. The highest BCUT2D eigenvalue weighted by atomic mass is 19.1. The van der Waals surface area contributed by atoms with Gasteiger partial charge in [-0.3, -0.25) is 19.4 Å². The lowest BCUT2D eigenvalue weighted by Crippen LogP contribution is -2.50. The van der Waals surface area contributed by atoms with Crippen molar-refractivity contribution in [3.05, 3.63) is 149 Å². The number of nitrogens with zero attached hydrogens (tertiary/aromatic N) is 5. The highest BCUT2D eigenvalue weighted by Crippen LogP contribution is 2.36. The second kappa shape index (κ2) is 23.6. The molecule has 0 spiro atoms. The molecule has 6 heterocycles. The van der Waals surface area contributed by atoms with Gasteiger partial charge in [-0.05, 0) is 167 Å². The fourth-order valence-electron chi connectivity index (χ4n) is 11.7. The van der Waals surface area contributed by atoms with Gasteiger partial charge in [0.1, 0.15) is 29.1 Å². The summed E-state index contributed by atoms with van der Waals surface area (Å²) in [5, 5.41) is 21.8. The van der Waals surface area contributed by atoms with Gasteiger partial charge in [-0.25, -0.2) is 22.5 Å². The highest BCUT2D eigenvalue weighted by molar-refractivity contribution is 5.92. The van der Waals surface area contributed by atoms with Crippen LogP contribution in [0.5, 0.6) is 0 Å². The minimum atomic E-state index is -0.667. The van der Waals surface area contributed by atoms with Crippen molar-refractivity contribution in [1.29, 1.82) is 0 Å². The molecule has 4 aliphatic rings. The average molecular weight is 988 g/mol. The number of nitrogens with one attached hydrogen (secondary N) is 2. The number of carbonyl (C=O) groups excluding carboxylic acids is 2. The summed E-state index contributed by atoms with van der Waals surface area (Å²) in [4.78, 5) is 45.3. The molecule has 15 heteroatoms. The maximum absolute atomic E-state index is 13.4. The van der Waals surface area contributed by atoms with Crippen LogP contribution >= 0.6 is 0 Å². The van der Waals surface area contributed by atoms with Gasteiger partial charge in [0.15, 0.2) is 0 Å².